The second kappa shape index (κ2) is 6.77. The Balaban J connectivity index is 2.20. The molecule has 0 aliphatic carbocycles. The van der Waals surface area contributed by atoms with Gasteiger partial charge in [-0.1, -0.05) is 57.9 Å². The maximum atomic E-state index is 12.2. The molecule has 1 amide bonds. The predicted octanol–water partition coefficient (Wildman–Crippen LogP) is 3.91. The molecular formula is C15H13BrClNO2. The molecule has 2 aromatic carbocycles. The number of phenolic OH excluding ortho intramolecular Hbond substituents is 1. The van der Waals surface area contributed by atoms with Crippen LogP contribution < -0.4 is 5.32 Å². The van der Waals surface area contributed by atoms with Crippen LogP contribution in [0.25, 0.3) is 0 Å². The minimum atomic E-state index is -0.363. The highest BCUT2D eigenvalue weighted by atomic mass is 79.9. The van der Waals surface area contributed by atoms with Gasteiger partial charge in [0.2, 0.25) is 0 Å². The first-order valence-electron chi connectivity index (χ1n) is 6.02. The first-order valence-corrected chi connectivity index (χ1v) is 7.52. The van der Waals surface area contributed by atoms with Gasteiger partial charge in [0, 0.05) is 10.4 Å². The average molecular weight is 355 g/mol. The molecule has 3 nitrogen and oxygen atoms in total. The molecule has 5 heteroatoms. The van der Waals surface area contributed by atoms with Crippen LogP contribution in [-0.4, -0.2) is 16.3 Å². The fourth-order valence-corrected chi connectivity index (χ4v) is 2.53. The number of aromatic hydroxyl groups is 1. The van der Waals surface area contributed by atoms with Crippen molar-refractivity contribution in [3.05, 3.63) is 64.7 Å². The molecule has 0 radical (unpaired) electrons. The van der Waals surface area contributed by atoms with Crippen LogP contribution in [0, 0.1) is 0 Å². The highest BCUT2D eigenvalue weighted by molar-refractivity contribution is 9.09. The van der Waals surface area contributed by atoms with Gasteiger partial charge < -0.3 is 10.4 Å². The lowest BCUT2D eigenvalue weighted by Gasteiger charge is -2.17. The Morgan fingerprint density at radius 1 is 1.25 bits per heavy atom. The van der Waals surface area contributed by atoms with E-state index in [0.29, 0.717) is 10.4 Å². The van der Waals surface area contributed by atoms with Crippen molar-refractivity contribution in [2.45, 2.75) is 6.04 Å². The van der Waals surface area contributed by atoms with E-state index in [-0.39, 0.29) is 23.3 Å². The molecule has 0 aromatic heterocycles. The predicted molar refractivity (Wildman–Crippen MR) is 83.6 cm³/mol. The molecule has 0 heterocycles. The van der Waals surface area contributed by atoms with E-state index in [1.165, 1.54) is 18.2 Å². The Morgan fingerprint density at radius 3 is 2.60 bits per heavy atom. The largest absolute Gasteiger partial charge is 0.507 e. The van der Waals surface area contributed by atoms with E-state index < -0.39 is 0 Å². The summed E-state index contributed by atoms with van der Waals surface area (Å²) in [6, 6.07) is 13.8. The van der Waals surface area contributed by atoms with Gasteiger partial charge in [-0.05, 0) is 23.8 Å². The molecule has 1 atom stereocenters. The first kappa shape index (κ1) is 14.9. The number of rotatable bonds is 4. The van der Waals surface area contributed by atoms with Crippen LogP contribution in [0.1, 0.15) is 22.0 Å². The van der Waals surface area contributed by atoms with E-state index in [9.17, 15) is 9.90 Å². The lowest BCUT2D eigenvalue weighted by molar-refractivity contribution is 0.0938. The van der Waals surface area contributed by atoms with Gasteiger partial charge in [0.1, 0.15) is 5.75 Å². The molecule has 2 aromatic rings. The summed E-state index contributed by atoms with van der Waals surface area (Å²) in [7, 11) is 0. The number of halogens is 2. The topological polar surface area (TPSA) is 49.3 Å². The number of benzene rings is 2. The summed E-state index contributed by atoms with van der Waals surface area (Å²) in [6.07, 6.45) is 0. The van der Waals surface area contributed by atoms with E-state index >= 15 is 0 Å². The summed E-state index contributed by atoms with van der Waals surface area (Å²) in [6.45, 7) is 0. The normalized spacial score (nSPS) is 11.9. The Kier molecular flexibility index (Phi) is 5.04. The van der Waals surface area contributed by atoms with Crippen molar-refractivity contribution < 1.29 is 9.90 Å². The van der Waals surface area contributed by atoms with Crippen LogP contribution in [-0.2, 0) is 0 Å². The molecule has 0 fully saturated rings. The summed E-state index contributed by atoms with van der Waals surface area (Å²) in [5.41, 5.74) is 1.15. The van der Waals surface area contributed by atoms with Crippen molar-refractivity contribution in [3.8, 4) is 5.75 Å². The van der Waals surface area contributed by atoms with Gasteiger partial charge in [0.15, 0.2) is 0 Å². The van der Waals surface area contributed by atoms with Crippen LogP contribution in [0.15, 0.2) is 48.5 Å². The Bertz CT molecular complexity index is 604. The fraction of sp³-hybridized carbons (Fsp3) is 0.133. The number of carbonyl (C=O) groups excluding carboxylic acids is 1. The number of phenols is 1. The van der Waals surface area contributed by atoms with E-state index in [1.807, 2.05) is 30.3 Å². The van der Waals surface area contributed by atoms with E-state index in [0.717, 1.165) is 5.56 Å². The maximum absolute atomic E-state index is 12.2. The molecule has 0 spiro atoms. The number of hydrogen-bond donors (Lipinski definition) is 2. The smallest absolute Gasteiger partial charge is 0.255 e. The number of hydrogen-bond acceptors (Lipinski definition) is 2. The molecule has 0 aliphatic rings. The summed E-state index contributed by atoms with van der Waals surface area (Å²) in [5, 5.41) is 13.6. The summed E-state index contributed by atoms with van der Waals surface area (Å²) in [4.78, 5) is 12.2. The van der Waals surface area contributed by atoms with Crippen molar-refractivity contribution >= 4 is 33.4 Å². The second-order valence-electron chi connectivity index (χ2n) is 4.25. The Hall–Kier alpha value is -1.52. The molecule has 0 aliphatic heterocycles. The lowest BCUT2D eigenvalue weighted by Crippen LogP contribution is -2.29. The first-order chi connectivity index (χ1) is 9.61. The van der Waals surface area contributed by atoms with Crippen molar-refractivity contribution in [2.75, 3.05) is 5.33 Å². The zero-order valence-electron chi connectivity index (χ0n) is 10.5. The molecule has 20 heavy (non-hydrogen) atoms. The molecular weight excluding hydrogens is 342 g/mol. The molecule has 104 valence electrons. The van der Waals surface area contributed by atoms with Crippen molar-refractivity contribution in [1.29, 1.82) is 0 Å². The Morgan fingerprint density at radius 2 is 1.95 bits per heavy atom. The van der Waals surface area contributed by atoms with Gasteiger partial charge in [0.25, 0.3) is 5.91 Å². The third-order valence-corrected chi connectivity index (χ3v) is 3.75. The third-order valence-electron chi connectivity index (χ3n) is 2.86. The van der Waals surface area contributed by atoms with Gasteiger partial charge in [-0.2, -0.15) is 0 Å². The van der Waals surface area contributed by atoms with Crippen LogP contribution in [0.5, 0.6) is 5.75 Å². The highest BCUT2D eigenvalue weighted by Crippen LogP contribution is 2.23. The molecule has 0 bridgehead atoms. The van der Waals surface area contributed by atoms with Gasteiger partial charge >= 0.3 is 0 Å². The van der Waals surface area contributed by atoms with E-state index in [2.05, 4.69) is 21.2 Å². The number of nitrogens with one attached hydrogen (secondary N) is 1. The van der Waals surface area contributed by atoms with Gasteiger partial charge in [-0.15, -0.1) is 0 Å². The summed E-state index contributed by atoms with van der Waals surface area (Å²) >= 11 is 9.23. The molecule has 0 saturated carbocycles. The molecule has 2 rings (SSSR count). The van der Waals surface area contributed by atoms with E-state index in [1.54, 1.807) is 0 Å². The Labute approximate surface area is 130 Å². The van der Waals surface area contributed by atoms with Crippen LogP contribution >= 0.6 is 27.5 Å². The number of carbonyl (C=O) groups is 1. The van der Waals surface area contributed by atoms with Gasteiger partial charge in [-0.25, -0.2) is 0 Å². The monoisotopic (exact) mass is 353 g/mol. The van der Waals surface area contributed by atoms with Crippen LogP contribution in [0.4, 0.5) is 0 Å². The minimum absolute atomic E-state index is 0.0896. The van der Waals surface area contributed by atoms with E-state index in [4.69, 9.17) is 11.6 Å². The molecule has 0 saturated heterocycles. The van der Waals surface area contributed by atoms with Gasteiger partial charge in [0.05, 0.1) is 11.6 Å². The number of alkyl halides is 1. The second-order valence-corrected chi connectivity index (χ2v) is 5.34. The van der Waals surface area contributed by atoms with Crippen LogP contribution in [0.2, 0.25) is 5.02 Å². The summed E-state index contributed by atoms with van der Waals surface area (Å²) in [5.74, 6) is -0.452. The van der Waals surface area contributed by atoms with Crippen molar-refractivity contribution in [3.63, 3.8) is 0 Å². The summed E-state index contributed by atoms with van der Waals surface area (Å²) < 4.78 is 0. The SMILES string of the molecule is O=C(NC(CBr)c1ccccc1)c1cc(Cl)ccc1O. The zero-order valence-corrected chi connectivity index (χ0v) is 12.9. The maximum Gasteiger partial charge on any atom is 0.255 e. The fourth-order valence-electron chi connectivity index (χ4n) is 1.82. The van der Waals surface area contributed by atoms with Crippen molar-refractivity contribution in [1.82, 2.24) is 5.32 Å². The van der Waals surface area contributed by atoms with Gasteiger partial charge in [-0.3, -0.25) is 4.79 Å². The highest BCUT2D eigenvalue weighted by Gasteiger charge is 2.17. The quantitative estimate of drug-likeness (QED) is 0.818. The van der Waals surface area contributed by atoms with Crippen LogP contribution in [0.3, 0.4) is 0 Å². The average Bonchev–Trinajstić information content (AvgIpc) is 2.48. The lowest BCUT2D eigenvalue weighted by atomic mass is 10.1. The molecule has 1 unspecified atom stereocenters. The zero-order chi connectivity index (χ0) is 14.5. The standard InChI is InChI=1S/C15H13BrClNO2/c16-9-13(10-4-2-1-3-5-10)18-15(20)12-8-11(17)6-7-14(12)19/h1-8,13,19H,9H2,(H,18,20). The third kappa shape index (κ3) is 3.52. The molecule has 2 N–H and O–H groups in total. The number of amides is 1. The van der Waals surface area contributed by atoms with Crippen molar-refractivity contribution in [2.24, 2.45) is 0 Å². The minimum Gasteiger partial charge on any atom is -0.507 e.